The molecular weight excluding hydrogens is 137 g/mol. The molecule has 4 heteroatoms. The second-order valence-electron chi connectivity index (χ2n) is 2.42. The van der Waals surface area contributed by atoms with Gasteiger partial charge in [-0.05, 0) is 13.0 Å². The summed E-state index contributed by atoms with van der Waals surface area (Å²) in [6.45, 7) is 1.85. The van der Waals surface area contributed by atoms with Crippen molar-refractivity contribution in [2.24, 2.45) is 0 Å². The van der Waals surface area contributed by atoms with Crippen LogP contribution in [0.5, 0.6) is 0 Å². The SMILES string of the molecule is [B]c1ccc2nc(C)nn2c1. The van der Waals surface area contributed by atoms with Gasteiger partial charge in [0.1, 0.15) is 13.7 Å². The molecule has 0 bridgehead atoms. The highest BCUT2D eigenvalue weighted by molar-refractivity contribution is 6.32. The lowest BCUT2D eigenvalue weighted by Gasteiger charge is -1.91. The number of hydrogen-bond acceptors (Lipinski definition) is 2. The van der Waals surface area contributed by atoms with Crippen molar-refractivity contribution in [2.45, 2.75) is 6.92 Å². The predicted octanol–water partition coefficient (Wildman–Crippen LogP) is -0.168. The molecule has 0 unspecified atom stereocenters. The zero-order chi connectivity index (χ0) is 7.84. The van der Waals surface area contributed by atoms with E-state index in [1.807, 2.05) is 19.1 Å². The number of nitrogens with zero attached hydrogens (tertiary/aromatic N) is 3. The topological polar surface area (TPSA) is 30.2 Å². The van der Waals surface area contributed by atoms with Crippen molar-refractivity contribution in [2.75, 3.05) is 0 Å². The molecule has 3 nitrogen and oxygen atoms in total. The summed E-state index contributed by atoms with van der Waals surface area (Å²) >= 11 is 0. The maximum atomic E-state index is 5.54. The summed E-state index contributed by atoms with van der Waals surface area (Å²) in [5.74, 6) is 0.760. The molecule has 0 aromatic carbocycles. The van der Waals surface area contributed by atoms with E-state index in [1.165, 1.54) is 0 Å². The predicted molar refractivity (Wildman–Crippen MR) is 43.1 cm³/mol. The lowest BCUT2D eigenvalue weighted by Crippen LogP contribution is -2.04. The van der Waals surface area contributed by atoms with E-state index in [9.17, 15) is 0 Å². The largest absolute Gasteiger partial charge is 0.222 e. The van der Waals surface area contributed by atoms with Gasteiger partial charge in [0.25, 0.3) is 0 Å². The second-order valence-corrected chi connectivity index (χ2v) is 2.42. The Balaban J connectivity index is 2.82. The van der Waals surface area contributed by atoms with Crippen LogP contribution in [0, 0.1) is 6.92 Å². The molecule has 0 aliphatic heterocycles. The summed E-state index contributed by atoms with van der Waals surface area (Å²) in [6.07, 6.45) is 1.75. The highest BCUT2D eigenvalue weighted by Gasteiger charge is 1.96. The van der Waals surface area contributed by atoms with Gasteiger partial charge in [0, 0.05) is 6.20 Å². The van der Waals surface area contributed by atoms with Crippen molar-refractivity contribution >= 4 is 19.0 Å². The Bertz CT molecular complexity index is 393. The molecule has 0 saturated carbocycles. The smallest absolute Gasteiger partial charge is 0.155 e. The lowest BCUT2D eigenvalue weighted by atomic mass is 9.99. The van der Waals surface area contributed by atoms with E-state index in [0.29, 0.717) is 5.46 Å². The Labute approximate surface area is 65.5 Å². The Morgan fingerprint density at radius 2 is 2.27 bits per heavy atom. The van der Waals surface area contributed by atoms with E-state index >= 15 is 0 Å². The van der Waals surface area contributed by atoms with E-state index in [-0.39, 0.29) is 0 Å². The summed E-state index contributed by atoms with van der Waals surface area (Å²) < 4.78 is 1.67. The molecule has 2 heterocycles. The van der Waals surface area contributed by atoms with Crippen LogP contribution in [0.25, 0.3) is 5.65 Å². The molecule has 2 aromatic heterocycles. The molecule has 11 heavy (non-hydrogen) atoms. The number of rotatable bonds is 0. The fourth-order valence-corrected chi connectivity index (χ4v) is 1.01. The number of hydrogen-bond donors (Lipinski definition) is 0. The van der Waals surface area contributed by atoms with E-state index in [1.54, 1.807) is 10.7 Å². The minimum atomic E-state index is 0.697. The Hall–Kier alpha value is -1.32. The molecule has 2 aromatic rings. The first-order valence-corrected chi connectivity index (χ1v) is 3.34. The van der Waals surface area contributed by atoms with Crippen LogP contribution < -0.4 is 5.46 Å². The monoisotopic (exact) mass is 143 g/mol. The normalized spacial score (nSPS) is 10.6. The first kappa shape index (κ1) is 6.40. The quantitative estimate of drug-likeness (QED) is 0.479. The average Bonchev–Trinajstić information content (AvgIpc) is 2.27. The van der Waals surface area contributed by atoms with Crippen LogP contribution in [-0.4, -0.2) is 22.4 Å². The summed E-state index contributed by atoms with van der Waals surface area (Å²) in [5.41, 5.74) is 1.53. The lowest BCUT2D eigenvalue weighted by molar-refractivity contribution is 0.935. The van der Waals surface area contributed by atoms with Crippen LogP contribution in [-0.2, 0) is 0 Å². The minimum Gasteiger partial charge on any atom is -0.222 e. The van der Waals surface area contributed by atoms with E-state index in [4.69, 9.17) is 7.85 Å². The highest BCUT2D eigenvalue weighted by Crippen LogP contribution is 1.96. The number of fused-ring (bicyclic) bond motifs is 1. The van der Waals surface area contributed by atoms with Gasteiger partial charge in [-0.25, -0.2) is 9.50 Å². The van der Waals surface area contributed by atoms with Gasteiger partial charge in [0.05, 0.1) is 0 Å². The fourth-order valence-electron chi connectivity index (χ4n) is 1.01. The van der Waals surface area contributed by atoms with E-state index in [0.717, 1.165) is 11.5 Å². The standard InChI is InChI=1S/C7H6BN3/c1-5-9-7-3-2-6(8)4-11(7)10-5/h2-4H,1H3. The van der Waals surface area contributed by atoms with Crippen LogP contribution in [0.2, 0.25) is 0 Å². The van der Waals surface area contributed by atoms with Gasteiger partial charge in [0.2, 0.25) is 0 Å². The maximum absolute atomic E-state index is 5.54. The van der Waals surface area contributed by atoms with Gasteiger partial charge in [0.15, 0.2) is 5.65 Å². The zero-order valence-corrected chi connectivity index (χ0v) is 6.15. The Morgan fingerprint density at radius 3 is 3.09 bits per heavy atom. The van der Waals surface area contributed by atoms with Gasteiger partial charge in [-0.2, -0.15) is 5.10 Å². The molecule has 2 radical (unpaired) electrons. The van der Waals surface area contributed by atoms with Gasteiger partial charge >= 0.3 is 0 Å². The fraction of sp³-hybridized carbons (Fsp3) is 0.143. The van der Waals surface area contributed by atoms with Gasteiger partial charge in [-0.15, -0.1) is 0 Å². The van der Waals surface area contributed by atoms with Crippen LogP contribution in [0.1, 0.15) is 5.82 Å². The highest BCUT2D eigenvalue weighted by atomic mass is 15.3. The minimum absolute atomic E-state index is 0.697. The molecule has 0 saturated heterocycles. The summed E-state index contributed by atoms with van der Waals surface area (Å²) in [7, 11) is 5.54. The summed E-state index contributed by atoms with van der Waals surface area (Å²) in [6, 6.07) is 3.65. The van der Waals surface area contributed by atoms with E-state index < -0.39 is 0 Å². The molecule has 52 valence electrons. The van der Waals surface area contributed by atoms with Crippen molar-refractivity contribution in [1.29, 1.82) is 0 Å². The van der Waals surface area contributed by atoms with Crippen LogP contribution in [0.4, 0.5) is 0 Å². The first-order chi connectivity index (χ1) is 5.25. The first-order valence-electron chi connectivity index (χ1n) is 3.34. The molecule has 0 spiro atoms. The molecular formula is C7H6BN3. The molecule has 2 rings (SSSR count). The summed E-state index contributed by atoms with van der Waals surface area (Å²) in [5, 5.41) is 4.10. The number of aromatic nitrogens is 3. The van der Waals surface area contributed by atoms with Crippen molar-refractivity contribution in [1.82, 2.24) is 14.6 Å². The molecule has 0 aliphatic rings. The van der Waals surface area contributed by atoms with Gasteiger partial charge < -0.3 is 0 Å². The third-order valence-corrected chi connectivity index (χ3v) is 1.46. The third-order valence-electron chi connectivity index (χ3n) is 1.46. The Kier molecular flexibility index (Phi) is 1.21. The van der Waals surface area contributed by atoms with E-state index in [2.05, 4.69) is 10.1 Å². The van der Waals surface area contributed by atoms with Crippen LogP contribution >= 0.6 is 0 Å². The van der Waals surface area contributed by atoms with Gasteiger partial charge in [-0.3, -0.25) is 0 Å². The van der Waals surface area contributed by atoms with Crippen molar-refractivity contribution in [3.63, 3.8) is 0 Å². The molecule has 0 amide bonds. The van der Waals surface area contributed by atoms with Crippen LogP contribution in [0.15, 0.2) is 18.3 Å². The van der Waals surface area contributed by atoms with Crippen molar-refractivity contribution < 1.29 is 0 Å². The molecule has 0 N–H and O–H groups in total. The zero-order valence-electron chi connectivity index (χ0n) is 6.15. The average molecular weight is 143 g/mol. The number of pyridine rings is 1. The van der Waals surface area contributed by atoms with Gasteiger partial charge in [-0.1, -0.05) is 11.5 Å². The van der Waals surface area contributed by atoms with Crippen molar-refractivity contribution in [3.05, 3.63) is 24.2 Å². The van der Waals surface area contributed by atoms with Crippen LogP contribution in [0.3, 0.4) is 0 Å². The molecule has 0 fully saturated rings. The van der Waals surface area contributed by atoms with Crippen molar-refractivity contribution in [3.8, 4) is 0 Å². The summed E-state index contributed by atoms with van der Waals surface area (Å²) in [4.78, 5) is 4.15. The Morgan fingerprint density at radius 1 is 1.45 bits per heavy atom. The second kappa shape index (κ2) is 2.08. The third kappa shape index (κ3) is 1.00. The molecule has 0 aliphatic carbocycles. The molecule has 0 atom stereocenters. The maximum Gasteiger partial charge on any atom is 0.155 e. The number of aryl methyl sites for hydroxylation is 1.